The summed E-state index contributed by atoms with van der Waals surface area (Å²) in [6, 6.07) is 8.63. The first-order valence-corrected chi connectivity index (χ1v) is 6.14. The van der Waals surface area contributed by atoms with Crippen molar-refractivity contribution in [1.82, 2.24) is 0 Å². The van der Waals surface area contributed by atoms with Crippen molar-refractivity contribution in [2.24, 2.45) is 0 Å². The predicted octanol–water partition coefficient (Wildman–Crippen LogP) is 4.62. The van der Waals surface area contributed by atoms with Crippen LogP contribution in [0.1, 0.15) is 41.1 Å². The third kappa shape index (κ3) is 1.28. The molecule has 1 aliphatic carbocycles. The number of hydrogen-bond acceptors (Lipinski definition) is 0. The Morgan fingerprint density at radius 2 is 1.71 bits per heavy atom. The van der Waals surface area contributed by atoms with Gasteiger partial charge in [0.25, 0.3) is 0 Å². The van der Waals surface area contributed by atoms with Crippen molar-refractivity contribution in [2.75, 3.05) is 0 Å². The van der Waals surface area contributed by atoms with Crippen LogP contribution in [-0.4, -0.2) is 0 Å². The fraction of sp³-hybridized carbons (Fsp3) is 0.312. The van der Waals surface area contributed by atoms with Crippen molar-refractivity contribution in [3.63, 3.8) is 0 Å². The molecule has 1 nitrogen and oxygen atoms in total. The van der Waals surface area contributed by atoms with E-state index >= 15 is 0 Å². The van der Waals surface area contributed by atoms with E-state index in [1.165, 1.54) is 27.8 Å². The van der Waals surface area contributed by atoms with Gasteiger partial charge in [0, 0.05) is 0 Å². The second-order valence-corrected chi connectivity index (χ2v) is 4.96. The van der Waals surface area contributed by atoms with Crippen molar-refractivity contribution < 1.29 is 4.42 Å². The fourth-order valence-electron chi connectivity index (χ4n) is 2.81. The lowest BCUT2D eigenvalue weighted by molar-refractivity contribution is 0.456. The van der Waals surface area contributed by atoms with E-state index in [-0.39, 0.29) is 0 Å². The Morgan fingerprint density at radius 1 is 1.00 bits per heavy atom. The van der Waals surface area contributed by atoms with Crippen molar-refractivity contribution in [3.05, 3.63) is 52.5 Å². The minimum atomic E-state index is 0.374. The molecule has 0 aliphatic heterocycles. The topological polar surface area (TPSA) is 11.3 Å². The molecule has 1 aliphatic rings. The average molecular weight is 225 g/mol. The second kappa shape index (κ2) is 3.43. The normalized spacial score (nSPS) is 16.8. The average Bonchev–Trinajstić information content (AvgIpc) is 2.61. The maximum atomic E-state index is 6.03. The van der Waals surface area contributed by atoms with E-state index in [1.54, 1.807) is 0 Å². The number of aryl methyl sites for hydroxylation is 1. The summed E-state index contributed by atoms with van der Waals surface area (Å²) < 4.78 is 6.03. The summed E-state index contributed by atoms with van der Waals surface area (Å²) in [5.74, 6) is 2.55. The maximum absolute atomic E-state index is 6.03. The third-order valence-corrected chi connectivity index (χ3v) is 4.06. The highest BCUT2D eigenvalue weighted by atomic mass is 16.3. The number of fused-ring (bicyclic) bond motifs is 3. The second-order valence-electron chi connectivity index (χ2n) is 4.96. The highest BCUT2D eigenvalue weighted by Gasteiger charge is 2.38. The summed E-state index contributed by atoms with van der Waals surface area (Å²) in [6.45, 7) is 8.62. The molecule has 2 aromatic rings. The molecule has 0 amide bonds. The van der Waals surface area contributed by atoms with E-state index < -0.39 is 0 Å². The molecule has 1 aromatic heterocycles. The van der Waals surface area contributed by atoms with E-state index in [0.29, 0.717) is 5.92 Å². The zero-order valence-corrected chi connectivity index (χ0v) is 10.8. The van der Waals surface area contributed by atoms with Crippen LogP contribution in [0.25, 0.3) is 11.1 Å². The highest BCUT2D eigenvalue weighted by molar-refractivity contribution is 5.79. The zero-order chi connectivity index (χ0) is 12.2. The van der Waals surface area contributed by atoms with Gasteiger partial charge in [0.2, 0.25) is 0 Å². The summed E-state index contributed by atoms with van der Waals surface area (Å²) in [7, 11) is 0. The highest BCUT2D eigenvalue weighted by Crippen LogP contribution is 2.47. The number of rotatable bonds is 0. The number of benzene rings is 1. The molecule has 0 bridgehead atoms. The largest absolute Gasteiger partial charge is 0.344 e. The molecule has 1 atom stereocenters. The first-order valence-electron chi connectivity index (χ1n) is 6.14. The molecule has 1 heterocycles. The molecule has 1 heteroatoms. The Morgan fingerprint density at radius 3 is 2.47 bits per heavy atom. The van der Waals surface area contributed by atoms with Gasteiger partial charge in [-0.2, -0.15) is 0 Å². The van der Waals surface area contributed by atoms with E-state index in [9.17, 15) is 0 Å². The Balaban J connectivity index is 2.41. The van der Waals surface area contributed by atoms with Gasteiger partial charge >= 0.3 is 11.5 Å². The number of hydrogen-bond donors (Lipinski definition) is 0. The summed E-state index contributed by atoms with van der Waals surface area (Å²) in [6.07, 6.45) is 0. The molecule has 0 radical (unpaired) electrons. The van der Waals surface area contributed by atoms with Crippen LogP contribution in [0.3, 0.4) is 0 Å². The van der Waals surface area contributed by atoms with Crippen LogP contribution >= 0.6 is 0 Å². The molecular weight excluding hydrogens is 208 g/mol. The van der Waals surface area contributed by atoms with E-state index in [2.05, 4.69) is 52.0 Å². The SMILES string of the molecule is Cc1[o+]c2c(c(C)c1C)-c1ccccc1C2C. The summed E-state index contributed by atoms with van der Waals surface area (Å²) in [4.78, 5) is 0. The molecule has 0 saturated carbocycles. The van der Waals surface area contributed by atoms with Gasteiger partial charge in [-0.05, 0) is 37.5 Å². The summed E-state index contributed by atoms with van der Waals surface area (Å²) in [5, 5.41) is 0. The van der Waals surface area contributed by atoms with Gasteiger partial charge in [0.15, 0.2) is 0 Å². The maximum Gasteiger partial charge on any atom is 0.344 e. The molecule has 0 spiro atoms. The van der Waals surface area contributed by atoms with Gasteiger partial charge in [-0.1, -0.05) is 24.3 Å². The minimum Gasteiger partial charge on any atom is -0.216 e. The van der Waals surface area contributed by atoms with Crippen molar-refractivity contribution in [2.45, 2.75) is 33.6 Å². The lowest BCUT2D eigenvalue weighted by Crippen LogP contribution is -1.94. The van der Waals surface area contributed by atoms with Crippen LogP contribution < -0.4 is 0 Å². The fourth-order valence-corrected chi connectivity index (χ4v) is 2.81. The van der Waals surface area contributed by atoms with Crippen LogP contribution in [0.5, 0.6) is 0 Å². The molecule has 1 unspecified atom stereocenters. The van der Waals surface area contributed by atoms with Gasteiger partial charge in [0.05, 0.1) is 24.0 Å². The van der Waals surface area contributed by atoms with Crippen LogP contribution in [-0.2, 0) is 0 Å². The van der Waals surface area contributed by atoms with E-state index in [0.717, 1.165) is 11.5 Å². The summed E-state index contributed by atoms with van der Waals surface area (Å²) in [5.41, 5.74) is 6.68. The van der Waals surface area contributed by atoms with Crippen molar-refractivity contribution >= 4 is 0 Å². The quantitative estimate of drug-likeness (QED) is 0.595. The van der Waals surface area contributed by atoms with Crippen LogP contribution in [0.4, 0.5) is 0 Å². The van der Waals surface area contributed by atoms with Gasteiger partial charge in [-0.25, -0.2) is 4.42 Å². The van der Waals surface area contributed by atoms with Crippen LogP contribution in [0.15, 0.2) is 28.7 Å². The lowest BCUT2D eigenvalue weighted by atomic mass is 9.99. The molecule has 1 aromatic carbocycles. The Hall–Kier alpha value is -1.63. The Kier molecular flexibility index (Phi) is 2.12. The Bertz CT molecular complexity index is 611. The monoisotopic (exact) mass is 225 g/mol. The predicted molar refractivity (Wildman–Crippen MR) is 70.3 cm³/mol. The first-order chi connectivity index (χ1) is 8.11. The van der Waals surface area contributed by atoms with Gasteiger partial charge in [-0.3, -0.25) is 0 Å². The van der Waals surface area contributed by atoms with E-state index in [4.69, 9.17) is 4.42 Å². The molecule has 3 rings (SSSR count). The van der Waals surface area contributed by atoms with Crippen LogP contribution in [0, 0.1) is 20.8 Å². The molecule has 86 valence electrons. The van der Waals surface area contributed by atoms with Gasteiger partial charge < -0.3 is 0 Å². The van der Waals surface area contributed by atoms with E-state index in [1.807, 2.05) is 0 Å². The summed E-state index contributed by atoms with van der Waals surface area (Å²) >= 11 is 0. The molecule has 0 N–H and O–H groups in total. The minimum absolute atomic E-state index is 0.374. The van der Waals surface area contributed by atoms with Gasteiger partial charge in [-0.15, -0.1) is 0 Å². The molecule has 0 saturated heterocycles. The smallest absolute Gasteiger partial charge is 0.216 e. The lowest BCUT2D eigenvalue weighted by Gasteiger charge is -2.02. The zero-order valence-electron chi connectivity index (χ0n) is 10.8. The third-order valence-electron chi connectivity index (χ3n) is 4.06. The molecule has 0 fully saturated rings. The molecular formula is C16H17O+. The molecule has 17 heavy (non-hydrogen) atoms. The van der Waals surface area contributed by atoms with Crippen molar-refractivity contribution in [1.29, 1.82) is 0 Å². The Labute approximate surface area is 102 Å². The standard InChI is InChI=1S/C16H17O/c1-9-10(2)15-14-8-6-5-7-13(14)11(3)16(15)17-12(9)4/h5-8,11H,1-4H3/q+1. The van der Waals surface area contributed by atoms with Crippen LogP contribution in [0.2, 0.25) is 0 Å². The van der Waals surface area contributed by atoms with Crippen molar-refractivity contribution in [3.8, 4) is 11.1 Å². The first kappa shape index (κ1) is 10.5. The van der Waals surface area contributed by atoms with Gasteiger partial charge in [0.1, 0.15) is 0 Å².